The van der Waals surface area contributed by atoms with Crippen molar-refractivity contribution in [3.8, 4) is 5.75 Å². The number of nitrogens with zero attached hydrogens (tertiary/aromatic N) is 2. The van der Waals surface area contributed by atoms with Gasteiger partial charge in [0.1, 0.15) is 11.8 Å². The second kappa shape index (κ2) is 14.8. The van der Waals surface area contributed by atoms with Gasteiger partial charge in [-0.1, -0.05) is 87.6 Å². The maximum Gasteiger partial charge on any atom is 0.246 e. The smallest absolute Gasteiger partial charge is 0.246 e. The molecule has 2 heterocycles. The highest BCUT2D eigenvalue weighted by molar-refractivity contribution is 6.38. The summed E-state index contributed by atoms with van der Waals surface area (Å²) >= 11 is 6.53. The summed E-state index contributed by atoms with van der Waals surface area (Å²) < 4.78 is 5.43. The summed E-state index contributed by atoms with van der Waals surface area (Å²) in [7, 11) is 1.56. The summed E-state index contributed by atoms with van der Waals surface area (Å²) in [4.78, 5) is 76.3. The van der Waals surface area contributed by atoms with Gasteiger partial charge in [-0.15, -0.1) is 0 Å². The van der Waals surface area contributed by atoms with Gasteiger partial charge in [-0.25, -0.2) is 0 Å². The van der Waals surface area contributed by atoms with Crippen molar-refractivity contribution >= 4 is 46.5 Å². The summed E-state index contributed by atoms with van der Waals surface area (Å²) in [5.41, 5.74) is 1.59. The van der Waals surface area contributed by atoms with Crippen LogP contribution in [0.5, 0.6) is 5.75 Å². The van der Waals surface area contributed by atoms with E-state index in [1.165, 1.54) is 4.90 Å². The van der Waals surface area contributed by atoms with E-state index in [0.29, 0.717) is 41.7 Å². The van der Waals surface area contributed by atoms with Crippen LogP contribution < -0.4 is 10.1 Å². The molecule has 6 rings (SSSR count). The molecule has 2 aromatic rings. The largest absolute Gasteiger partial charge is 0.495 e. The summed E-state index contributed by atoms with van der Waals surface area (Å²) in [6.07, 6.45) is 3.53. The molecule has 10 nitrogen and oxygen atoms in total. The van der Waals surface area contributed by atoms with E-state index >= 15 is 0 Å². The molecule has 2 aromatic carbocycles. The van der Waals surface area contributed by atoms with Crippen molar-refractivity contribution in [3.05, 3.63) is 64.2 Å². The fourth-order valence-corrected chi connectivity index (χ4v) is 8.27. The molecule has 2 saturated carbocycles. The number of methoxy groups -OCH3 is 1. The molecule has 1 saturated heterocycles. The van der Waals surface area contributed by atoms with Crippen LogP contribution in [0.15, 0.2) is 47.6 Å². The highest BCUT2D eigenvalue weighted by atomic mass is 35.5. The molecule has 52 heavy (non-hydrogen) atoms. The highest BCUT2D eigenvalue weighted by Gasteiger charge is 2.56. The summed E-state index contributed by atoms with van der Waals surface area (Å²) in [6, 6.07) is 11.7. The monoisotopic (exact) mass is 731 g/mol. The molecular formula is C41H50ClN3O7. The van der Waals surface area contributed by atoms with Gasteiger partial charge in [-0.2, -0.15) is 0 Å². The van der Waals surface area contributed by atoms with Crippen LogP contribution in [0, 0.1) is 30.1 Å². The minimum Gasteiger partial charge on any atom is -0.495 e. The van der Waals surface area contributed by atoms with Gasteiger partial charge in [-0.3, -0.25) is 24.0 Å². The fraction of sp³-hybridized carbons (Fsp3) is 0.561. The molecule has 0 radical (unpaired) electrons. The third-order valence-electron chi connectivity index (χ3n) is 11.1. The first-order valence-electron chi connectivity index (χ1n) is 18.5. The van der Waals surface area contributed by atoms with Crippen molar-refractivity contribution in [2.45, 2.75) is 110 Å². The number of rotatable bonds is 14. The molecule has 11 heteroatoms. The first-order chi connectivity index (χ1) is 24.6. The maximum absolute atomic E-state index is 14.8. The van der Waals surface area contributed by atoms with Crippen molar-refractivity contribution in [2.24, 2.45) is 28.3 Å². The average molecular weight is 732 g/mol. The standard InChI is InChI=1S/C41H50ClN3O7/c1-7-33(46)35(48)27(16-24-13-14-24)18-34(47)32-21-41(20-31(44-52-41)26-15-23(2)36(51-6)30(42)17-26)22-45(32)39(50)37(40(3,4)5)43-38(49)29-19-28(29)25-11-9-8-10-12-25/h8-12,15,17,24,27-29,32,37H,7,13-14,16,18-22H2,1-6H3,(H,43,49)/t27-,28?,29-,32+,37-,41-/m1/s1. The molecule has 2 amide bonds. The Morgan fingerprint density at radius 2 is 1.83 bits per heavy atom. The third-order valence-corrected chi connectivity index (χ3v) is 11.4. The first-order valence-corrected chi connectivity index (χ1v) is 18.9. The molecule has 0 bridgehead atoms. The molecule has 1 unspecified atom stereocenters. The number of oxime groups is 1. The Morgan fingerprint density at radius 3 is 2.44 bits per heavy atom. The number of carbonyl (C=O) groups is 5. The van der Waals surface area contributed by atoms with Crippen LogP contribution in [0.3, 0.4) is 0 Å². The van der Waals surface area contributed by atoms with Gasteiger partial charge in [0.2, 0.25) is 17.6 Å². The zero-order chi connectivity index (χ0) is 37.5. The third kappa shape index (κ3) is 7.97. The van der Waals surface area contributed by atoms with E-state index in [0.717, 1.165) is 29.5 Å². The minimum atomic E-state index is -1.01. The lowest BCUT2D eigenvalue weighted by molar-refractivity contribution is -0.145. The van der Waals surface area contributed by atoms with Crippen LogP contribution in [0.4, 0.5) is 0 Å². The Bertz CT molecular complexity index is 1760. The Labute approximate surface area is 311 Å². The van der Waals surface area contributed by atoms with E-state index in [9.17, 15) is 24.0 Å². The lowest BCUT2D eigenvalue weighted by atomic mass is 9.84. The van der Waals surface area contributed by atoms with E-state index in [4.69, 9.17) is 21.2 Å². The van der Waals surface area contributed by atoms with Crippen LogP contribution in [0.25, 0.3) is 0 Å². The SMILES string of the molecule is CCC(=O)C(=O)[C@@H](CC(=O)[C@@H]1C[C@]2(CC(c3cc(C)c(OC)c(Cl)c3)=NO2)CN1C(=O)[C@@H](NC(=O)[C@@H]1CC1c1ccccc1)C(C)(C)C)CC1CC1. The van der Waals surface area contributed by atoms with E-state index < -0.39 is 40.6 Å². The fourth-order valence-electron chi connectivity index (χ4n) is 7.93. The first kappa shape index (κ1) is 37.7. The quantitative estimate of drug-likeness (QED) is 0.223. The summed E-state index contributed by atoms with van der Waals surface area (Å²) in [6.45, 7) is 9.27. The zero-order valence-corrected chi connectivity index (χ0v) is 31.8. The van der Waals surface area contributed by atoms with Crippen LogP contribution in [0.2, 0.25) is 5.02 Å². The molecule has 4 aliphatic rings. The molecule has 1 spiro atoms. The van der Waals surface area contributed by atoms with Crippen LogP contribution in [0.1, 0.15) is 102 Å². The Balaban J connectivity index is 1.27. The van der Waals surface area contributed by atoms with E-state index in [1.54, 1.807) is 20.1 Å². The van der Waals surface area contributed by atoms with Gasteiger partial charge in [0.25, 0.3) is 0 Å². The minimum absolute atomic E-state index is 0.0613. The number of carbonyl (C=O) groups excluding carboxylic acids is 5. The van der Waals surface area contributed by atoms with Crippen molar-refractivity contribution in [1.29, 1.82) is 0 Å². The number of nitrogens with one attached hydrogen (secondary N) is 1. The number of halogens is 1. The van der Waals surface area contributed by atoms with E-state index in [-0.39, 0.29) is 55.2 Å². The molecule has 278 valence electrons. The summed E-state index contributed by atoms with van der Waals surface area (Å²) in [5, 5.41) is 7.95. The van der Waals surface area contributed by atoms with Crippen molar-refractivity contribution in [2.75, 3.05) is 13.7 Å². The molecule has 1 N–H and O–H groups in total. The molecule has 2 aliphatic carbocycles. The van der Waals surface area contributed by atoms with Crippen molar-refractivity contribution < 1.29 is 33.5 Å². The normalized spacial score (nSPS) is 24.9. The zero-order valence-electron chi connectivity index (χ0n) is 31.0. The Kier molecular flexibility index (Phi) is 10.7. The number of ketones is 3. The van der Waals surface area contributed by atoms with Crippen molar-refractivity contribution in [3.63, 3.8) is 0 Å². The van der Waals surface area contributed by atoms with Crippen LogP contribution in [-0.4, -0.2) is 71.1 Å². The Hall–Kier alpha value is -4.05. The van der Waals surface area contributed by atoms with Crippen LogP contribution in [-0.2, 0) is 28.8 Å². The predicted molar refractivity (Wildman–Crippen MR) is 197 cm³/mol. The predicted octanol–water partition coefficient (Wildman–Crippen LogP) is 6.38. The average Bonchev–Trinajstić information content (AvgIpc) is 4.03. The highest BCUT2D eigenvalue weighted by Crippen LogP contribution is 2.48. The lowest BCUT2D eigenvalue weighted by Crippen LogP contribution is -2.57. The number of benzene rings is 2. The number of hydrogen-bond acceptors (Lipinski definition) is 8. The maximum atomic E-state index is 14.8. The number of amides is 2. The van der Waals surface area contributed by atoms with Gasteiger partial charge in [-0.05, 0) is 60.3 Å². The van der Waals surface area contributed by atoms with Gasteiger partial charge >= 0.3 is 0 Å². The van der Waals surface area contributed by atoms with Gasteiger partial charge in [0.05, 0.1) is 30.4 Å². The lowest BCUT2D eigenvalue weighted by Gasteiger charge is -2.35. The molecular weight excluding hydrogens is 682 g/mol. The topological polar surface area (TPSA) is 131 Å². The van der Waals surface area contributed by atoms with Gasteiger partial charge in [0.15, 0.2) is 17.2 Å². The molecule has 3 fully saturated rings. The second-order valence-corrected chi connectivity index (χ2v) is 16.7. The van der Waals surface area contributed by atoms with Crippen molar-refractivity contribution in [1.82, 2.24) is 10.2 Å². The van der Waals surface area contributed by atoms with Gasteiger partial charge in [0, 0.05) is 43.1 Å². The number of likely N-dealkylation sites (tertiary alicyclic amines) is 1. The van der Waals surface area contributed by atoms with E-state index in [1.807, 2.05) is 64.1 Å². The van der Waals surface area contributed by atoms with E-state index in [2.05, 4.69) is 10.5 Å². The molecule has 0 aromatic heterocycles. The number of aryl methyl sites for hydroxylation is 1. The molecule has 2 aliphatic heterocycles. The Morgan fingerprint density at radius 1 is 1.12 bits per heavy atom. The summed E-state index contributed by atoms with van der Waals surface area (Å²) in [5.74, 6) is -1.88. The number of ether oxygens (including phenoxy) is 1. The van der Waals surface area contributed by atoms with Gasteiger partial charge < -0.3 is 19.8 Å². The second-order valence-electron chi connectivity index (χ2n) is 16.3. The molecule has 6 atom stereocenters. The van der Waals surface area contributed by atoms with Crippen LogP contribution >= 0.6 is 11.6 Å². The number of hydrogen-bond donors (Lipinski definition) is 1. The number of Topliss-reactive ketones (excluding diaryl/α,β-unsaturated/α-hetero) is 3.